The summed E-state index contributed by atoms with van der Waals surface area (Å²) in [5.74, 6) is -0.0297. The summed E-state index contributed by atoms with van der Waals surface area (Å²) < 4.78 is 1.82. The van der Waals surface area contributed by atoms with Gasteiger partial charge >= 0.3 is 0 Å². The van der Waals surface area contributed by atoms with Crippen LogP contribution in [0.1, 0.15) is 47.8 Å². The molecule has 0 radical (unpaired) electrons. The molecule has 2 aromatic rings. The molecule has 128 valence electrons. The average molecular weight is 327 g/mol. The van der Waals surface area contributed by atoms with E-state index in [0.717, 1.165) is 36.2 Å². The van der Waals surface area contributed by atoms with Crippen LogP contribution < -0.4 is 0 Å². The molecule has 24 heavy (non-hydrogen) atoms. The molecule has 0 aliphatic carbocycles. The second-order valence-corrected chi connectivity index (χ2v) is 6.64. The number of rotatable bonds is 3. The van der Waals surface area contributed by atoms with E-state index >= 15 is 0 Å². The summed E-state index contributed by atoms with van der Waals surface area (Å²) in [5.41, 5.74) is 3.55. The second-order valence-electron chi connectivity index (χ2n) is 6.64. The molecule has 0 spiro atoms. The largest absolute Gasteiger partial charge is 0.391 e. The Morgan fingerprint density at radius 1 is 1.29 bits per heavy atom. The zero-order valence-electron chi connectivity index (χ0n) is 14.6. The molecule has 0 bridgehead atoms. The van der Waals surface area contributed by atoms with E-state index in [1.165, 1.54) is 0 Å². The number of hydrogen-bond donors (Lipinski definition) is 1. The Morgan fingerprint density at radius 2 is 2.04 bits per heavy atom. The van der Waals surface area contributed by atoms with Crippen molar-refractivity contribution in [3.8, 4) is 5.69 Å². The minimum atomic E-state index is -0.513. The fraction of sp³-hybridized carbons (Fsp3) is 0.474. The molecule has 3 rings (SSSR count). The first-order valence-corrected chi connectivity index (χ1v) is 8.60. The SMILES string of the molecule is Cc1ccccc1-n1ncc(C(=O)N2CCCCC2C(C)O)c1C. The van der Waals surface area contributed by atoms with E-state index in [1.807, 2.05) is 47.7 Å². The van der Waals surface area contributed by atoms with Crippen molar-refractivity contribution in [1.29, 1.82) is 0 Å². The zero-order chi connectivity index (χ0) is 17.3. The van der Waals surface area contributed by atoms with E-state index in [-0.39, 0.29) is 11.9 Å². The van der Waals surface area contributed by atoms with Crippen molar-refractivity contribution >= 4 is 5.91 Å². The van der Waals surface area contributed by atoms with E-state index in [0.29, 0.717) is 12.1 Å². The molecule has 1 aromatic heterocycles. The van der Waals surface area contributed by atoms with Gasteiger partial charge in [0.1, 0.15) is 0 Å². The monoisotopic (exact) mass is 327 g/mol. The maximum Gasteiger partial charge on any atom is 0.257 e. The summed E-state index contributed by atoms with van der Waals surface area (Å²) in [7, 11) is 0. The van der Waals surface area contributed by atoms with Crippen LogP contribution in [0.5, 0.6) is 0 Å². The number of piperidine rings is 1. The Labute approximate surface area is 142 Å². The van der Waals surface area contributed by atoms with Crippen molar-refractivity contribution in [3.05, 3.63) is 47.3 Å². The van der Waals surface area contributed by atoms with Gasteiger partial charge in [-0.1, -0.05) is 18.2 Å². The first-order chi connectivity index (χ1) is 11.5. The van der Waals surface area contributed by atoms with E-state index in [9.17, 15) is 9.90 Å². The summed E-state index contributed by atoms with van der Waals surface area (Å²) in [6, 6.07) is 7.89. The minimum absolute atomic E-state index is 0.0297. The number of likely N-dealkylation sites (tertiary alicyclic amines) is 1. The van der Waals surface area contributed by atoms with Crippen LogP contribution in [0, 0.1) is 13.8 Å². The van der Waals surface area contributed by atoms with Crippen LogP contribution in [0.25, 0.3) is 5.69 Å². The van der Waals surface area contributed by atoms with E-state index < -0.39 is 6.10 Å². The first-order valence-electron chi connectivity index (χ1n) is 8.60. The summed E-state index contributed by atoms with van der Waals surface area (Å²) >= 11 is 0. The fourth-order valence-corrected chi connectivity index (χ4v) is 3.53. The highest BCUT2D eigenvalue weighted by atomic mass is 16.3. The lowest BCUT2D eigenvalue weighted by Gasteiger charge is -2.37. The highest BCUT2D eigenvalue weighted by Crippen LogP contribution is 2.24. The van der Waals surface area contributed by atoms with Gasteiger partial charge in [-0.2, -0.15) is 5.10 Å². The van der Waals surface area contributed by atoms with E-state index in [4.69, 9.17) is 0 Å². The molecule has 1 N–H and O–H groups in total. The lowest BCUT2D eigenvalue weighted by Crippen LogP contribution is -2.49. The molecule has 1 aliphatic heterocycles. The zero-order valence-corrected chi connectivity index (χ0v) is 14.6. The van der Waals surface area contributed by atoms with Gasteiger partial charge in [0.2, 0.25) is 0 Å². The van der Waals surface area contributed by atoms with Crippen LogP contribution in [0.15, 0.2) is 30.5 Å². The number of benzene rings is 1. The molecule has 2 heterocycles. The predicted octanol–water partition coefficient (Wildman–Crippen LogP) is 2.86. The number of para-hydroxylation sites is 1. The van der Waals surface area contributed by atoms with Crippen LogP contribution in [0.4, 0.5) is 0 Å². The lowest BCUT2D eigenvalue weighted by molar-refractivity contribution is 0.0280. The van der Waals surface area contributed by atoms with Crippen LogP contribution in [0.2, 0.25) is 0 Å². The fourth-order valence-electron chi connectivity index (χ4n) is 3.53. The molecule has 1 aliphatic rings. The number of aryl methyl sites for hydroxylation is 1. The van der Waals surface area contributed by atoms with Gasteiger partial charge in [-0.25, -0.2) is 4.68 Å². The lowest BCUT2D eigenvalue weighted by atomic mass is 9.97. The summed E-state index contributed by atoms with van der Waals surface area (Å²) in [5, 5.41) is 14.5. The van der Waals surface area contributed by atoms with Gasteiger partial charge in [-0.15, -0.1) is 0 Å². The molecule has 5 nitrogen and oxygen atoms in total. The number of hydrogen-bond acceptors (Lipinski definition) is 3. The Bertz CT molecular complexity index is 736. The first kappa shape index (κ1) is 16.7. The Morgan fingerprint density at radius 3 is 2.75 bits per heavy atom. The van der Waals surface area contributed by atoms with Crippen molar-refractivity contribution in [2.45, 2.75) is 52.2 Å². The molecular weight excluding hydrogens is 302 g/mol. The van der Waals surface area contributed by atoms with Crippen LogP contribution in [-0.2, 0) is 0 Å². The average Bonchev–Trinajstić information content (AvgIpc) is 2.96. The molecular formula is C19H25N3O2. The van der Waals surface area contributed by atoms with Gasteiger partial charge in [0, 0.05) is 6.54 Å². The summed E-state index contributed by atoms with van der Waals surface area (Å²) in [6.45, 7) is 6.42. The third-order valence-electron chi connectivity index (χ3n) is 4.95. The van der Waals surface area contributed by atoms with Crippen LogP contribution in [0.3, 0.4) is 0 Å². The minimum Gasteiger partial charge on any atom is -0.391 e. The molecule has 2 atom stereocenters. The van der Waals surface area contributed by atoms with Gasteiger partial charge in [0.15, 0.2) is 0 Å². The number of aromatic nitrogens is 2. The molecule has 1 fully saturated rings. The maximum atomic E-state index is 13.0. The van der Waals surface area contributed by atoms with Crippen LogP contribution in [-0.4, -0.2) is 44.4 Å². The Balaban J connectivity index is 1.93. The van der Waals surface area contributed by atoms with Gasteiger partial charge in [-0.05, 0) is 51.7 Å². The molecule has 0 saturated carbocycles. The number of amides is 1. The standard InChI is InChI=1S/C19H25N3O2/c1-13-8-4-5-9-17(13)22-14(2)16(12-20-22)19(24)21-11-7-6-10-18(21)15(3)23/h4-5,8-9,12,15,18,23H,6-7,10-11H2,1-3H3. The Kier molecular flexibility index (Phi) is 4.71. The smallest absolute Gasteiger partial charge is 0.257 e. The molecule has 1 aromatic carbocycles. The normalized spacial score (nSPS) is 19.3. The van der Waals surface area contributed by atoms with Gasteiger partial charge in [0.25, 0.3) is 5.91 Å². The maximum absolute atomic E-state index is 13.0. The molecule has 1 amide bonds. The Hall–Kier alpha value is -2.14. The number of carbonyl (C=O) groups is 1. The van der Waals surface area contributed by atoms with E-state index in [1.54, 1.807) is 13.1 Å². The number of aliphatic hydroxyl groups excluding tert-OH is 1. The van der Waals surface area contributed by atoms with Gasteiger partial charge in [-0.3, -0.25) is 4.79 Å². The quantitative estimate of drug-likeness (QED) is 0.943. The number of aliphatic hydroxyl groups is 1. The third kappa shape index (κ3) is 2.96. The van der Waals surface area contributed by atoms with Gasteiger partial charge in [0.05, 0.1) is 35.3 Å². The molecule has 1 saturated heterocycles. The highest BCUT2D eigenvalue weighted by molar-refractivity contribution is 5.95. The second kappa shape index (κ2) is 6.77. The van der Waals surface area contributed by atoms with Crippen molar-refractivity contribution in [1.82, 2.24) is 14.7 Å². The molecule has 2 unspecified atom stereocenters. The third-order valence-corrected chi connectivity index (χ3v) is 4.95. The summed E-state index contributed by atoms with van der Waals surface area (Å²) in [6.07, 6.45) is 4.04. The van der Waals surface area contributed by atoms with Crippen LogP contribution >= 0.6 is 0 Å². The summed E-state index contributed by atoms with van der Waals surface area (Å²) in [4.78, 5) is 14.8. The predicted molar refractivity (Wildman–Crippen MR) is 93.4 cm³/mol. The highest BCUT2D eigenvalue weighted by Gasteiger charge is 2.32. The van der Waals surface area contributed by atoms with E-state index in [2.05, 4.69) is 5.10 Å². The van der Waals surface area contributed by atoms with Crippen molar-refractivity contribution in [2.24, 2.45) is 0 Å². The van der Waals surface area contributed by atoms with Crippen molar-refractivity contribution in [2.75, 3.05) is 6.54 Å². The number of nitrogens with zero attached hydrogens (tertiary/aromatic N) is 3. The van der Waals surface area contributed by atoms with Gasteiger partial charge < -0.3 is 10.0 Å². The van der Waals surface area contributed by atoms with Crippen molar-refractivity contribution < 1.29 is 9.90 Å². The number of carbonyl (C=O) groups excluding carboxylic acids is 1. The topological polar surface area (TPSA) is 58.4 Å². The van der Waals surface area contributed by atoms with Crippen molar-refractivity contribution in [3.63, 3.8) is 0 Å². The molecule has 5 heteroatoms.